The molecule has 104 valence electrons. The van der Waals surface area contributed by atoms with Gasteiger partial charge >= 0.3 is 0 Å². The minimum Gasteiger partial charge on any atom is -0.454 e. The van der Waals surface area contributed by atoms with E-state index >= 15 is 0 Å². The number of carbonyl (C=O) groups is 1. The monoisotopic (exact) mass is 284 g/mol. The largest absolute Gasteiger partial charge is 0.454 e. The van der Waals surface area contributed by atoms with E-state index in [2.05, 4.69) is 5.32 Å². The Balaban J connectivity index is 1.87. The van der Waals surface area contributed by atoms with E-state index in [-0.39, 0.29) is 18.0 Å². The van der Waals surface area contributed by atoms with Crippen molar-refractivity contribution in [3.63, 3.8) is 0 Å². The zero-order valence-electron chi connectivity index (χ0n) is 10.7. The molecule has 0 bridgehead atoms. The highest BCUT2D eigenvalue weighted by Crippen LogP contribution is 2.32. The number of fused-ring (bicyclic) bond motifs is 1. The number of nitrogens with one attached hydrogen (secondary N) is 1. The lowest BCUT2D eigenvalue weighted by Gasteiger charge is -2.08. The molecule has 6 heteroatoms. The fourth-order valence-corrected chi connectivity index (χ4v) is 1.97. The molecule has 2 aromatic rings. The maximum atomic E-state index is 13.5. The van der Waals surface area contributed by atoms with Gasteiger partial charge in [-0.25, -0.2) is 4.39 Å². The topological polar surface area (TPSA) is 71.4 Å². The Morgan fingerprint density at radius 1 is 1.24 bits per heavy atom. The molecule has 21 heavy (non-hydrogen) atoms. The van der Waals surface area contributed by atoms with Crippen molar-refractivity contribution in [1.29, 1.82) is 5.26 Å². The van der Waals surface area contributed by atoms with E-state index in [0.29, 0.717) is 17.1 Å². The van der Waals surface area contributed by atoms with E-state index in [1.807, 2.05) is 0 Å². The fourth-order valence-electron chi connectivity index (χ4n) is 1.97. The van der Waals surface area contributed by atoms with Gasteiger partial charge in [0.25, 0.3) is 5.91 Å². The molecule has 0 aliphatic carbocycles. The van der Waals surface area contributed by atoms with E-state index in [1.54, 1.807) is 18.2 Å². The predicted molar refractivity (Wildman–Crippen MR) is 71.6 cm³/mol. The van der Waals surface area contributed by atoms with Gasteiger partial charge in [0.15, 0.2) is 11.5 Å². The SMILES string of the molecule is N#Cc1c(F)cccc1NC(=O)c1ccc2c(c1)OCO2. The summed E-state index contributed by atoms with van der Waals surface area (Å²) < 4.78 is 23.8. The van der Waals surface area contributed by atoms with Gasteiger partial charge in [0.2, 0.25) is 6.79 Å². The summed E-state index contributed by atoms with van der Waals surface area (Å²) in [5, 5.41) is 11.4. The Bertz CT molecular complexity index is 768. The number of nitrogens with zero attached hydrogens (tertiary/aromatic N) is 1. The fraction of sp³-hybridized carbons (Fsp3) is 0.0667. The number of hydrogen-bond donors (Lipinski definition) is 1. The first-order valence-electron chi connectivity index (χ1n) is 6.08. The van der Waals surface area contributed by atoms with Crippen LogP contribution in [0.1, 0.15) is 15.9 Å². The van der Waals surface area contributed by atoms with E-state index in [1.165, 1.54) is 18.2 Å². The lowest BCUT2D eigenvalue weighted by Crippen LogP contribution is -2.13. The van der Waals surface area contributed by atoms with Crippen molar-refractivity contribution in [2.75, 3.05) is 12.1 Å². The molecule has 0 saturated heterocycles. The normalized spacial score (nSPS) is 11.8. The molecule has 1 N–H and O–H groups in total. The van der Waals surface area contributed by atoms with Crippen LogP contribution < -0.4 is 14.8 Å². The number of halogens is 1. The Morgan fingerprint density at radius 2 is 2.05 bits per heavy atom. The number of nitriles is 1. The quantitative estimate of drug-likeness (QED) is 0.920. The van der Waals surface area contributed by atoms with Crippen LogP contribution in [0.4, 0.5) is 10.1 Å². The average molecular weight is 284 g/mol. The Kier molecular flexibility index (Phi) is 3.16. The molecular formula is C15H9FN2O3. The molecule has 0 saturated carbocycles. The van der Waals surface area contributed by atoms with Crippen molar-refractivity contribution < 1.29 is 18.7 Å². The zero-order chi connectivity index (χ0) is 14.8. The Morgan fingerprint density at radius 3 is 2.86 bits per heavy atom. The highest BCUT2D eigenvalue weighted by atomic mass is 19.1. The number of anilines is 1. The molecule has 1 amide bonds. The lowest BCUT2D eigenvalue weighted by molar-refractivity contribution is 0.102. The summed E-state index contributed by atoms with van der Waals surface area (Å²) in [5.74, 6) is -0.103. The van der Waals surface area contributed by atoms with Crippen molar-refractivity contribution in [3.05, 3.63) is 53.3 Å². The van der Waals surface area contributed by atoms with Gasteiger partial charge in [-0.3, -0.25) is 4.79 Å². The second kappa shape index (κ2) is 5.13. The van der Waals surface area contributed by atoms with E-state index < -0.39 is 11.7 Å². The van der Waals surface area contributed by atoms with Gasteiger partial charge in [-0.2, -0.15) is 5.26 Å². The molecule has 0 radical (unpaired) electrons. The molecule has 0 atom stereocenters. The summed E-state index contributed by atoms with van der Waals surface area (Å²) in [6.07, 6.45) is 0. The highest BCUT2D eigenvalue weighted by Gasteiger charge is 2.17. The first-order valence-corrected chi connectivity index (χ1v) is 6.08. The van der Waals surface area contributed by atoms with Crippen LogP contribution in [0, 0.1) is 17.1 Å². The summed E-state index contributed by atoms with van der Waals surface area (Å²) in [6, 6.07) is 10.5. The number of ether oxygens (including phenoxy) is 2. The summed E-state index contributed by atoms with van der Waals surface area (Å²) in [7, 11) is 0. The van der Waals surface area contributed by atoms with Crippen molar-refractivity contribution in [3.8, 4) is 17.6 Å². The van der Waals surface area contributed by atoms with Crippen LogP contribution in [0.15, 0.2) is 36.4 Å². The number of hydrogen-bond acceptors (Lipinski definition) is 4. The molecule has 0 unspecified atom stereocenters. The summed E-state index contributed by atoms with van der Waals surface area (Å²) >= 11 is 0. The third-order valence-electron chi connectivity index (χ3n) is 3.01. The second-order valence-electron chi connectivity index (χ2n) is 4.30. The smallest absolute Gasteiger partial charge is 0.255 e. The van der Waals surface area contributed by atoms with E-state index in [0.717, 1.165) is 6.07 Å². The van der Waals surface area contributed by atoms with Crippen LogP contribution in [0.2, 0.25) is 0 Å². The molecule has 2 aromatic carbocycles. The van der Waals surface area contributed by atoms with Crippen LogP contribution in [0.3, 0.4) is 0 Å². The molecule has 0 aromatic heterocycles. The van der Waals surface area contributed by atoms with Crippen LogP contribution in [-0.4, -0.2) is 12.7 Å². The van der Waals surface area contributed by atoms with Gasteiger partial charge in [-0.1, -0.05) is 6.07 Å². The van der Waals surface area contributed by atoms with E-state index in [4.69, 9.17) is 14.7 Å². The van der Waals surface area contributed by atoms with Crippen LogP contribution in [-0.2, 0) is 0 Å². The number of carbonyl (C=O) groups excluding carboxylic acids is 1. The van der Waals surface area contributed by atoms with Crippen molar-refractivity contribution in [2.45, 2.75) is 0 Å². The number of benzene rings is 2. The minimum absolute atomic E-state index is 0.114. The highest BCUT2D eigenvalue weighted by molar-refractivity contribution is 6.05. The molecular weight excluding hydrogens is 275 g/mol. The van der Waals surface area contributed by atoms with Crippen molar-refractivity contribution in [2.24, 2.45) is 0 Å². The summed E-state index contributed by atoms with van der Waals surface area (Å²) in [5.41, 5.74) is 0.249. The first kappa shape index (κ1) is 12.9. The Hall–Kier alpha value is -3.07. The average Bonchev–Trinajstić information content (AvgIpc) is 2.94. The van der Waals surface area contributed by atoms with Gasteiger partial charge in [0, 0.05) is 5.56 Å². The predicted octanol–water partition coefficient (Wildman–Crippen LogP) is 2.68. The van der Waals surface area contributed by atoms with Gasteiger partial charge < -0.3 is 14.8 Å². The van der Waals surface area contributed by atoms with Crippen molar-refractivity contribution in [1.82, 2.24) is 0 Å². The first-order chi connectivity index (χ1) is 10.2. The lowest BCUT2D eigenvalue weighted by atomic mass is 10.1. The maximum absolute atomic E-state index is 13.5. The van der Waals surface area contributed by atoms with Crippen LogP contribution >= 0.6 is 0 Å². The third kappa shape index (κ3) is 2.37. The van der Waals surface area contributed by atoms with Crippen LogP contribution in [0.5, 0.6) is 11.5 Å². The van der Waals surface area contributed by atoms with Gasteiger partial charge in [-0.05, 0) is 30.3 Å². The van der Waals surface area contributed by atoms with Gasteiger partial charge in [0.1, 0.15) is 17.4 Å². The third-order valence-corrected chi connectivity index (χ3v) is 3.01. The zero-order valence-corrected chi connectivity index (χ0v) is 10.7. The summed E-state index contributed by atoms with van der Waals surface area (Å²) in [4.78, 5) is 12.2. The van der Waals surface area contributed by atoms with Gasteiger partial charge in [0.05, 0.1) is 5.69 Å². The molecule has 1 heterocycles. The second-order valence-corrected chi connectivity index (χ2v) is 4.30. The van der Waals surface area contributed by atoms with Gasteiger partial charge in [-0.15, -0.1) is 0 Å². The van der Waals surface area contributed by atoms with Crippen molar-refractivity contribution >= 4 is 11.6 Å². The standard InChI is InChI=1S/C15H9FN2O3/c16-11-2-1-3-12(10(11)7-17)18-15(19)9-4-5-13-14(6-9)21-8-20-13/h1-6H,8H2,(H,18,19). The Labute approximate surface area is 119 Å². The summed E-state index contributed by atoms with van der Waals surface area (Å²) in [6.45, 7) is 0.114. The molecule has 1 aliphatic heterocycles. The molecule has 3 rings (SSSR count). The molecule has 0 spiro atoms. The number of amides is 1. The van der Waals surface area contributed by atoms with E-state index in [9.17, 15) is 9.18 Å². The maximum Gasteiger partial charge on any atom is 0.255 e. The number of rotatable bonds is 2. The minimum atomic E-state index is -0.680. The molecule has 0 fully saturated rings. The molecule has 5 nitrogen and oxygen atoms in total. The van der Waals surface area contributed by atoms with Crippen LogP contribution in [0.25, 0.3) is 0 Å². The molecule has 1 aliphatic rings.